The monoisotopic (exact) mass is 254 g/mol. The molecule has 19 heavy (non-hydrogen) atoms. The highest BCUT2D eigenvalue weighted by Gasteiger charge is 2.08. The van der Waals surface area contributed by atoms with E-state index < -0.39 is 0 Å². The van der Waals surface area contributed by atoms with Crippen LogP contribution in [0.2, 0.25) is 0 Å². The number of aromatic nitrogens is 2. The van der Waals surface area contributed by atoms with E-state index in [4.69, 9.17) is 5.11 Å². The van der Waals surface area contributed by atoms with Gasteiger partial charge in [-0.05, 0) is 11.6 Å². The summed E-state index contributed by atoms with van der Waals surface area (Å²) in [7, 11) is 0. The van der Waals surface area contributed by atoms with Gasteiger partial charge in [-0.3, -0.25) is 0 Å². The maximum Gasteiger partial charge on any atom is 0.111 e. The molecule has 0 aliphatic rings. The van der Waals surface area contributed by atoms with Gasteiger partial charge in [0.05, 0.1) is 0 Å². The van der Waals surface area contributed by atoms with E-state index in [0.717, 1.165) is 23.5 Å². The van der Waals surface area contributed by atoms with Crippen molar-refractivity contribution in [3.05, 3.63) is 53.6 Å². The summed E-state index contributed by atoms with van der Waals surface area (Å²) in [6.45, 7) is 4.91. The minimum absolute atomic E-state index is 0.114. The van der Waals surface area contributed by atoms with Crippen LogP contribution in [-0.2, 0) is 6.54 Å². The van der Waals surface area contributed by atoms with Crippen molar-refractivity contribution in [3.8, 4) is 11.8 Å². The fourth-order valence-corrected chi connectivity index (χ4v) is 2.05. The standard InChI is InChI=1S/C16H18N2O/c1-13(2)16-17-9-10-18(16)12-15-7-4-3-6-14(15)8-5-11-19/h3-4,6-7,9-10,13,19H,11-12H2,1-2H3. The molecule has 3 heteroatoms. The first kappa shape index (κ1) is 13.4. The number of benzene rings is 1. The second-order valence-electron chi connectivity index (χ2n) is 4.69. The van der Waals surface area contributed by atoms with E-state index in [-0.39, 0.29) is 6.61 Å². The third kappa shape index (κ3) is 3.24. The summed E-state index contributed by atoms with van der Waals surface area (Å²) in [5.41, 5.74) is 2.10. The van der Waals surface area contributed by atoms with Gasteiger partial charge in [0.25, 0.3) is 0 Å². The van der Waals surface area contributed by atoms with E-state index in [0.29, 0.717) is 5.92 Å². The van der Waals surface area contributed by atoms with Crippen molar-refractivity contribution in [1.29, 1.82) is 0 Å². The molecule has 0 aliphatic carbocycles. The Morgan fingerprint density at radius 1 is 1.32 bits per heavy atom. The molecule has 0 saturated heterocycles. The Hall–Kier alpha value is -2.05. The summed E-state index contributed by atoms with van der Waals surface area (Å²) in [5.74, 6) is 7.16. The van der Waals surface area contributed by atoms with Crippen molar-refractivity contribution in [1.82, 2.24) is 9.55 Å². The van der Waals surface area contributed by atoms with Gasteiger partial charge in [0.2, 0.25) is 0 Å². The van der Waals surface area contributed by atoms with Crippen LogP contribution in [0.5, 0.6) is 0 Å². The highest BCUT2D eigenvalue weighted by atomic mass is 16.2. The molecule has 0 unspecified atom stereocenters. The molecule has 1 N–H and O–H groups in total. The van der Waals surface area contributed by atoms with Crippen molar-refractivity contribution < 1.29 is 5.11 Å². The van der Waals surface area contributed by atoms with Gasteiger partial charge >= 0.3 is 0 Å². The Balaban J connectivity index is 2.30. The molecule has 2 rings (SSSR count). The molecular weight excluding hydrogens is 236 g/mol. The SMILES string of the molecule is CC(C)c1nccn1Cc1ccccc1C#CCO. The average molecular weight is 254 g/mol. The van der Waals surface area contributed by atoms with Crippen LogP contribution in [0.15, 0.2) is 36.7 Å². The lowest BCUT2D eigenvalue weighted by Gasteiger charge is -2.11. The van der Waals surface area contributed by atoms with Crippen LogP contribution < -0.4 is 0 Å². The number of aliphatic hydroxyl groups excluding tert-OH is 1. The number of aliphatic hydroxyl groups is 1. The predicted octanol–water partition coefficient (Wildman–Crippen LogP) is 2.40. The van der Waals surface area contributed by atoms with Gasteiger partial charge < -0.3 is 9.67 Å². The lowest BCUT2D eigenvalue weighted by atomic mass is 10.1. The molecule has 1 aromatic heterocycles. The Bertz CT molecular complexity index is 602. The summed E-state index contributed by atoms with van der Waals surface area (Å²) in [6, 6.07) is 8.00. The molecule has 1 heterocycles. The first-order valence-corrected chi connectivity index (χ1v) is 6.41. The molecule has 0 fully saturated rings. The third-order valence-corrected chi connectivity index (χ3v) is 2.92. The fourth-order valence-electron chi connectivity index (χ4n) is 2.05. The van der Waals surface area contributed by atoms with E-state index in [2.05, 4.69) is 41.3 Å². The van der Waals surface area contributed by atoms with Crippen LogP contribution in [0.3, 0.4) is 0 Å². The molecule has 1 aromatic carbocycles. The molecule has 0 spiro atoms. The molecular formula is C16H18N2O. The van der Waals surface area contributed by atoms with E-state index in [1.807, 2.05) is 30.6 Å². The first-order chi connectivity index (χ1) is 9.22. The zero-order chi connectivity index (χ0) is 13.7. The van der Waals surface area contributed by atoms with Crippen molar-refractivity contribution in [2.75, 3.05) is 6.61 Å². The molecule has 0 atom stereocenters. The highest BCUT2D eigenvalue weighted by Crippen LogP contribution is 2.15. The third-order valence-electron chi connectivity index (χ3n) is 2.92. The zero-order valence-electron chi connectivity index (χ0n) is 11.3. The molecule has 0 saturated carbocycles. The number of hydrogen-bond acceptors (Lipinski definition) is 2. The van der Waals surface area contributed by atoms with Gasteiger partial charge in [0, 0.05) is 30.4 Å². The average Bonchev–Trinajstić information content (AvgIpc) is 2.86. The quantitative estimate of drug-likeness (QED) is 0.854. The summed E-state index contributed by atoms with van der Waals surface area (Å²) < 4.78 is 2.14. The summed E-state index contributed by atoms with van der Waals surface area (Å²) in [6.07, 6.45) is 3.82. The molecule has 98 valence electrons. The van der Waals surface area contributed by atoms with E-state index in [1.54, 1.807) is 0 Å². The van der Waals surface area contributed by atoms with Crippen LogP contribution in [0.4, 0.5) is 0 Å². The minimum Gasteiger partial charge on any atom is -0.384 e. The molecule has 2 aromatic rings. The lowest BCUT2D eigenvalue weighted by Crippen LogP contribution is -2.07. The Kier molecular flexibility index (Phi) is 4.38. The fraction of sp³-hybridized carbons (Fsp3) is 0.312. The largest absolute Gasteiger partial charge is 0.384 e. The maximum absolute atomic E-state index is 8.80. The zero-order valence-corrected chi connectivity index (χ0v) is 11.3. The second-order valence-corrected chi connectivity index (χ2v) is 4.69. The number of imidazole rings is 1. The van der Waals surface area contributed by atoms with Gasteiger partial charge in [-0.2, -0.15) is 0 Å². The van der Waals surface area contributed by atoms with Gasteiger partial charge in [0.1, 0.15) is 12.4 Å². The summed E-state index contributed by atoms with van der Waals surface area (Å²) in [5, 5.41) is 8.80. The number of nitrogens with zero attached hydrogens (tertiary/aromatic N) is 2. The van der Waals surface area contributed by atoms with Gasteiger partial charge in [-0.1, -0.05) is 43.9 Å². The Labute approximate surface area is 113 Å². The summed E-state index contributed by atoms with van der Waals surface area (Å²) in [4.78, 5) is 4.39. The van der Waals surface area contributed by atoms with E-state index in [9.17, 15) is 0 Å². The smallest absolute Gasteiger partial charge is 0.111 e. The maximum atomic E-state index is 8.80. The van der Waals surface area contributed by atoms with Crippen molar-refractivity contribution in [2.24, 2.45) is 0 Å². The topological polar surface area (TPSA) is 38.0 Å². The van der Waals surface area contributed by atoms with Crippen molar-refractivity contribution in [3.63, 3.8) is 0 Å². The predicted molar refractivity (Wildman–Crippen MR) is 75.8 cm³/mol. The number of rotatable bonds is 3. The van der Waals surface area contributed by atoms with Gasteiger partial charge in [0.15, 0.2) is 0 Å². The summed E-state index contributed by atoms with van der Waals surface area (Å²) >= 11 is 0. The van der Waals surface area contributed by atoms with Gasteiger partial charge in [-0.15, -0.1) is 0 Å². The van der Waals surface area contributed by atoms with Crippen LogP contribution in [0.1, 0.15) is 36.7 Å². The Morgan fingerprint density at radius 2 is 2.11 bits per heavy atom. The molecule has 0 aliphatic heterocycles. The Morgan fingerprint density at radius 3 is 2.84 bits per heavy atom. The highest BCUT2D eigenvalue weighted by molar-refractivity contribution is 5.41. The van der Waals surface area contributed by atoms with Crippen LogP contribution in [0.25, 0.3) is 0 Å². The van der Waals surface area contributed by atoms with Crippen LogP contribution in [-0.4, -0.2) is 21.3 Å². The first-order valence-electron chi connectivity index (χ1n) is 6.41. The van der Waals surface area contributed by atoms with E-state index in [1.165, 1.54) is 0 Å². The minimum atomic E-state index is -0.114. The van der Waals surface area contributed by atoms with Crippen molar-refractivity contribution in [2.45, 2.75) is 26.3 Å². The normalized spacial score (nSPS) is 10.3. The van der Waals surface area contributed by atoms with Crippen LogP contribution >= 0.6 is 0 Å². The number of hydrogen-bond donors (Lipinski definition) is 1. The van der Waals surface area contributed by atoms with E-state index >= 15 is 0 Å². The van der Waals surface area contributed by atoms with Crippen LogP contribution in [0, 0.1) is 11.8 Å². The molecule has 0 bridgehead atoms. The second kappa shape index (κ2) is 6.21. The van der Waals surface area contributed by atoms with Crippen molar-refractivity contribution >= 4 is 0 Å². The van der Waals surface area contributed by atoms with Gasteiger partial charge in [-0.25, -0.2) is 4.98 Å². The molecule has 0 amide bonds. The lowest BCUT2D eigenvalue weighted by molar-refractivity contribution is 0.350. The molecule has 0 radical (unpaired) electrons. The molecule has 3 nitrogen and oxygen atoms in total.